The van der Waals surface area contributed by atoms with E-state index < -0.39 is 0 Å². The van der Waals surface area contributed by atoms with Crippen LogP contribution < -0.4 is 0 Å². The third-order valence-corrected chi connectivity index (χ3v) is 2.17. The van der Waals surface area contributed by atoms with Gasteiger partial charge in [-0.1, -0.05) is 42.5 Å². The standard InChI is InChI=1S/C14H18O2/c1-2-16-14(15)12-8-4-7-11-13-9-5-3-6-10-13/h3,5-7,9-11H,2,4,8,12H2,1H3. The minimum atomic E-state index is -0.101. The molecule has 0 saturated carbocycles. The maximum Gasteiger partial charge on any atom is 0.305 e. The zero-order valence-corrected chi connectivity index (χ0v) is 9.69. The molecule has 0 aliphatic heterocycles. The molecule has 0 aromatic heterocycles. The van der Waals surface area contributed by atoms with Crippen LogP contribution in [0.3, 0.4) is 0 Å². The van der Waals surface area contributed by atoms with Crippen LogP contribution in [0.5, 0.6) is 0 Å². The molecule has 0 saturated heterocycles. The zero-order valence-electron chi connectivity index (χ0n) is 9.69. The first-order valence-electron chi connectivity index (χ1n) is 5.70. The summed E-state index contributed by atoms with van der Waals surface area (Å²) in [6, 6.07) is 10.1. The fraction of sp³-hybridized carbons (Fsp3) is 0.357. The molecule has 1 aromatic carbocycles. The number of esters is 1. The van der Waals surface area contributed by atoms with Crippen molar-refractivity contribution in [1.82, 2.24) is 0 Å². The molecule has 0 N–H and O–H groups in total. The van der Waals surface area contributed by atoms with Gasteiger partial charge in [0.2, 0.25) is 0 Å². The summed E-state index contributed by atoms with van der Waals surface area (Å²) in [7, 11) is 0. The van der Waals surface area contributed by atoms with Crippen molar-refractivity contribution in [3.8, 4) is 0 Å². The highest BCUT2D eigenvalue weighted by Crippen LogP contribution is 2.04. The Morgan fingerprint density at radius 2 is 2.06 bits per heavy atom. The molecule has 0 fully saturated rings. The quantitative estimate of drug-likeness (QED) is 0.540. The fourth-order valence-corrected chi connectivity index (χ4v) is 1.38. The number of carbonyl (C=O) groups excluding carboxylic acids is 1. The first kappa shape index (κ1) is 12.5. The van der Waals surface area contributed by atoms with Crippen LogP contribution in [-0.4, -0.2) is 12.6 Å². The fourth-order valence-electron chi connectivity index (χ4n) is 1.38. The topological polar surface area (TPSA) is 26.3 Å². The molecule has 0 aliphatic carbocycles. The van der Waals surface area contributed by atoms with Crippen molar-refractivity contribution in [2.24, 2.45) is 0 Å². The summed E-state index contributed by atoms with van der Waals surface area (Å²) in [6.45, 7) is 2.30. The molecule has 0 spiro atoms. The smallest absolute Gasteiger partial charge is 0.305 e. The van der Waals surface area contributed by atoms with Crippen molar-refractivity contribution in [2.75, 3.05) is 6.61 Å². The van der Waals surface area contributed by atoms with E-state index in [1.54, 1.807) is 0 Å². The van der Waals surface area contributed by atoms with Crippen molar-refractivity contribution in [1.29, 1.82) is 0 Å². The van der Waals surface area contributed by atoms with Gasteiger partial charge < -0.3 is 4.74 Å². The molecule has 0 bridgehead atoms. The molecule has 2 nitrogen and oxygen atoms in total. The second-order valence-corrected chi connectivity index (χ2v) is 3.51. The van der Waals surface area contributed by atoms with E-state index in [4.69, 9.17) is 4.74 Å². The minimum absolute atomic E-state index is 0.101. The first-order valence-corrected chi connectivity index (χ1v) is 5.70. The molecule has 86 valence electrons. The van der Waals surface area contributed by atoms with E-state index in [2.05, 4.69) is 24.3 Å². The van der Waals surface area contributed by atoms with E-state index in [9.17, 15) is 4.79 Å². The van der Waals surface area contributed by atoms with Gasteiger partial charge >= 0.3 is 5.97 Å². The third kappa shape index (κ3) is 5.35. The van der Waals surface area contributed by atoms with E-state index in [-0.39, 0.29) is 5.97 Å². The summed E-state index contributed by atoms with van der Waals surface area (Å²) in [4.78, 5) is 11.0. The number of carbonyl (C=O) groups is 1. The highest BCUT2D eigenvalue weighted by Gasteiger charge is 1.98. The lowest BCUT2D eigenvalue weighted by atomic mass is 10.1. The molecular formula is C14H18O2. The molecule has 0 amide bonds. The Morgan fingerprint density at radius 3 is 2.75 bits per heavy atom. The second kappa shape index (κ2) is 7.69. The highest BCUT2D eigenvalue weighted by atomic mass is 16.5. The molecule has 1 rings (SSSR count). The highest BCUT2D eigenvalue weighted by molar-refractivity contribution is 5.69. The van der Waals surface area contributed by atoms with E-state index in [1.165, 1.54) is 5.56 Å². The lowest BCUT2D eigenvalue weighted by Crippen LogP contribution is -2.02. The molecule has 0 heterocycles. The zero-order chi connectivity index (χ0) is 11.6. The van der Waals surface area contributed by atoms with Crippen LogP contribution in [0.25, 0.3) is 6.08 Å². The number of rotatable bonds is 6. The Bertz CT molecular complexity index is 328. The molecule has 0 unspecified atom stereocenters. The van der Waals surface area contributed by atoms with E-state index in [0.717, 1.165) is 12.8 Å². The SMILES string of the molecule is CCOC(=O)CCCC=Cc1ccccc1. The summed E-state index contributed by atoms with van der Waals surface area (Å²) in [5, 5.41) is 0. The van der Waals surface area contributed by atoms with Crippen LogP contribution in [0, 0.1) is 0 Å². The normalized spacial score (nSPS) is 10.6. The summed E-state index contributed by atoms with van der Waals surface area (Å²) in [5.41, 5.74) is 1.19. The average molecular weight is 218 g/mol. The van der Waals surface area contributed by atoms with Gasteiger partial charge in [-0.05, 0) is 25.3 Å². The Labute approximate surface area is 96.9 Å². The Morgan fingerprint density at radius 1 is 1.31 bits per heavy atom. The summed E-state index contributed by atoms with van der Waals surface area (Å²) < 4.78 is 4.84. The van der Waals surface area contributed by atoms with Crippen LogP contribution in [0.1, 0.15) is 31.7 Å². The van der Waals surface area contributed by atoms with Crippen LogP contribution in [0.2, 0.25) is 0 Å². The lowest BCUT2D eigenvalue weighted by molar-refractivity contribution is -0.143. The molecule has 2 heteroatoms. The Hall–Kier alpha value is -1.57. The van der Waals surface area contributed by atoms with Crippen molar-refractivity contribution in [3.05, 3.63) is 42.0 Å². The maximum absolute atomic E-state index is 11.0. The van der Waals surface area contributed by atoms with Gasteiger partial charge in [0.25, 0.3) is 0 Å². The van der Waals surface area contributed by atoms with Crippen LogP contribution in [0.4, 0.5) is 0 Å². The summed E-state index contributed by atoms with van der Waals surface area (Å²) in [5.74, 6) is -0.101. The van der Waals surface area contributed by atoms with Crippen LogP contribution in [-0.2, 0) is 9.53 Å². The lowest BCUT2D eigenvalue weighted by Gasteiger charge is -1.99. The monoisotopic (exact) mass is 218 g/mol. The van der Waals surface area contributed by atoms with Crippen molar-refractivity contribution >= 4 is 12.0 Å². The predicted octanol–water partition coefficient (Wildman–Crippen LogP) is 3.43. The van der Waals surface area contributed by atoms with Gasteiger partial charge in [0.15, 0.2) is 0 Å². The molecule has 0 radical (unpaired) electrons. The van der Waals surface area contributed by atoms with Crippen LogP contribution in [0.15, 0.2) is 36.4 Å². The number of hydrogen-bond donors (Lipinski definition) is 0. The van der Waals surface area contributed by atoms with Gasteiger partial charge in [-0.2, -0.15) is 0 Å². The van der Waals surface area contributed by atoms with Gasteiger partial charge in [0.1, 0.15) is 0 Å². The molecular weight excluding hydrogens is 200 g/mol. The summed E-state index contributed by atoms with van der Waals surface area (Å²) >= 11 is 0. The predicted molar refractivity (Wildman–Crippen MR) is 66.0 cm³/mol. The Balaban J connectivity index is 2.16. The van der Waals surface area contributed by atoms with Crippen LogP contribution >= 0.6 is 0 Å². The minimum Gasteiger partial charge on any atom is -0.466 e. The number of hydrogen-bond acceptors (Lipinski definition) is 2. The van der Waals surface area contributed by atoms with Gasteiger partial charge in [0, 0.05) is 6.42 Å². The molecule has 1 aromatic rings. The van der Waals surface area contributed by atoms with E-state index in [1.807, 2.05) is 25.1 Å². The second-order valence-electron chi connectivity index (χ2n) is 3.51. The van der Waals surface area contributed by atoms with Gasteiger partial charge in [-0.3, -0.25) is 4.79 Å². The van der Waals surface area contributed by atoms with Gasteiger partial charge in [-0.15, -0.1) is 0 Å². The Kier molecular flexibility index (Phi) is 6.00. The molecule has 0 aliphatic rings. The average Bonchev–Trinajstić information content (AvgIpc) is 2.30. The molecule has 16 heavy (non-hydrogen) atoms. The van der Waals surface area contributed by atoms with Gasteiger partial charge in [-0.25, -0.2) is 0 Å². The number of benzene rings is 1. The van der Waals surface area contributed by atoms with E-state index in [0.29, 0.717) is 13.0 Å². The van der Waals surface area contributed by atoms with E-state index >= 15 is 0 Å². The largest absolute Gasteiger partial charge is 0.466 e. The third-order valence-electron chi connectivity index (χ3n) is 2.17. The number of unbranched alkanes of at least 4 members (excludes halogenated alkanes) is 1. The molecule has 0 atom stereocenters. The first-order chi connectivity index (χ1) is 7.83. The number of allylic oxidation sites excluding steroid dienone is 1. The van der Waals surface area contributed by atoms with Gasteiger partial charge in [0.05, 0.1) is 6.61 Å². The van der Waals surface area contributed by atoms with Crippen molar-refractivity contribution in [2.45, 2.75) is 26.2 Å². The summed E-state index contributed by atoms with van der Waals surface area (Å²) in [6.07, 6.45) is 6.43. The number of ether oxygens (including phenoxy) is 1. The van der Waals surface area contributed by atoms with Crippen molar-refractivity contribution in [3.63, 3.8) is 0 Å². The van der Waals surface area contributed by atoms with Crippen molar-refractivity contribution < 1.29 is 9.53 Å². The maximum atomic E-state index is 11.0.